The largest absolute Gasteiger partial charge is 0.353 e. The van der Waals surface area contributed by atoms with E-state index in [0.717, 1.165) is 30.9 Å². The lowest BCUT2D eigenvalue weighted by Gasteiger charge is -2.36. The van der Waals surface area contributed by atoms with Crippen LogP contribution >= 0.6 is 0 Å². The quantitative estimate of drug-likeness (QED) is 0.805. The highest BCUT2D eigenvalue weighted by atomic mass is 19.1. The van der Waals surface area contributed by atoms with Crippen molar-refractivity contribution in [3.63, 3.8) is 0 Å². The zero-order valence-corrected chi connectivity index (χ0v) is 14.9. The molecule has 0 bridgehead atoms. The third kappa shape index (κ3) is 3.62. The van der Waals surface area contributed by atoms with E-state index in [9.17, 15) is 9.18 Å². The van der Waals surface area contributed by atoms with Crippen LogP contribution in [0.3, 0.4) is 0 Å². The molecule has 0 atom stereocenters. The van der Waals surface area contributed by atoms with Crippen molar-refractivity contribution in [1.82, 2.24) is 14.9 Å². The molecule has 5 nitrogen and oxygen atoms in total. The summed E-state index contributed by atoms with van der Waals surface area (Å²) < 4.78 is 13.3. The average molecular weight is 342 g/mol. The van der Waals surface area contributed by atoms with Gasteiger partial charge in [0, 0.05) is 44.1 Å². The van der Waals surface area contributed by atoms with Crippen molar-refractivity contribution in [1.29, 1.82) is 0 Å². The topological polar surface area (TPSA) is 49.3 Å². The number of halogens is 1. The predicted octanol–water partition coefficient (Wildman–Crippen LogP) is 2.76. The summed E-state index contributed by atoms with van der Waals surface area (Å²) in [6, 6.07) is 3.74. The monoisotopic (exact) mass is 342 g/mol. The SMILES string of the molecule is CCc1cnc(N2CCN(C(=O)c3cnc(F)c(C)c3)CC2)c(C)c1. The van der Waals surface area contributed by atoms with Gasteiger partial charge in [0.25, 0.3) is 5.91 Å². The molecule has 0 aromatic carbocycles. The molecule has 1 amide bonds. The minimum Gasteiger partial charge on any atom is -0.353 e. The third-order valence-electron chi connectivity index (χ3n) is 4.64. The molecule has 0 unspecified atom stereocenters. The number of aryl methyl sites for hydroxylation is 3. The Kier molecular flexibility index (Phi) is 4.97. The van der Waals surface area contributed by atoms with Gasteiger partial charge in [0.1, 0.15) is 5.82 Å². The maximum absolute atomic E-state index is 13.3. The second-order valence-corrected chi connectivity index (χ2v) is 6.45. The molecular weight excluding hydrogens is 319 g/mol. The summed E-state index contributed by atoms with van der Waals surface area (Å²) in [4.78, 5) is 24.8. The van der Waals surface area contributed by atoms with Crippen LogP contribution in [0.25, 0.3) is 0 Å². The highest BCUT2D eigenvalue weighted by molar-refractivity contribution is 5.94. The fraction of sp³-hybridized carbons (Fsp3) is 0.421. The van der Waals surface area contributed by atoms with Crippen molar-refractivity contribution >= 4 is 11.7 Å². The molecule has 1 aliphatic heterocycles. The van der Waals surface area contributed by atoms with Gasteiger partial charge in [-0.15, -0.1) is 0 Å². The number of carbonyl (C=O) groups is 1. The van der Waals surface area contributed by atoms with Gasteiger partial charge in [-0.2, -0.15) is 4.39 Å². The van der Waals surface area contributed by atoms with E-state index in [1.54, 1.807) is 17.9 Å². The maximum atomic E-state index is 13.3. The number of nitrogens with zero attached hydrogens (tertiary/aromatic N) is 4. The van der Waals surface area contributed by atoms with Gasteiger partial charge >= 0.3 is 0 Å². The predicted molar refractivity (Wildman–Crippen MR) is 95.4 cm³/mol. The van der Waals surface area contributed by atoms with Crippen molar-refractivity contribution in [2.24, 2.45) is 0 Å². The van der Waals surface area contributed by atoms with Crippen molar-refractivity contribution in [3.05, 3.63) is 52.7 Å². The van der Waals surface area contributed by atoms with E-state index in [2.05, 4.69) is 34.8 Å². The van der Waals surface area contributed by atoms with Gasteiger partial charge in [0.15, 0.2) is 0 Å². The number of pyridine rings is 2. The number of hydrogen-bond acceptors (Lipinski definition) is 4. The van der Waals surface area contributed by atoms with Crippen LogP contribution in [0.4, 0.5) is 10.2 Å². The first-order valence-corrected chi connectivity index (χ1v) is 8.61. The maximum Gasteiger partial charge on any atom is 0.255 e. The average Bonchev–Trinajstić information content (AvgIpc) is 2.63. The summed E-state index contributed by atoms with van der Waals surface area (Å²) in [6.45, 7) is 8.51. The molecule has 3 rings (SSSR count). The van der Waals surface area contributed by atoms with E-state index >= 15 is 0 Å². The Hall–Kier alpha value is -2.50. The Labute approximate surface area is 147 Å². The van der Waals surface area contributed by atoms with Gasteiger partial charge in [0.2, 0.25) is 5.95 Å². The van der Waals surface area contributed by atoms with Crippen LogP contribution in [0.2, 0.25) is 0 Å². The first-order valence-electron chi connectivity index (χ1n) is 8.61. The van der Waals surface area contributed by atoms with Gasteiger partial charge in [0.05, 0.1) is 5.56 Å². The molecule has 25 heavy (non-hydrogen) atoms. The summed E-state index contributed by atoms with van der Waals surface area (Å²) in [5, 5.41) is 0. The smallest absolute Gasteiger partial charge is 0.255 e. The van der Waals surface area contributed by atoms with Gasteiger partial charge < -0.3 is 9.80 Å². The zero-order valence-electron chi connectivity index (χ0n) is 14.9. The van der Waals surface area contributed by atoms with Crippen LogP contribution in [-0.4, -0.2) is 47.0 Å². The Morgan fingerprint density at radius 3 is 2.40 bits per heavy atom. The fourth-order valence-corrected chi connectivity index (χ4v) is 3.13. The normalized spacial score (nSPS) is 14.7. The van der Waals surface area contributed by atoms with E-state index in [-0.39, 0.29) is 5.91 Å². The van der Waals surface area contributed by atoms with Crippen molar-refractivity contribution in [2.45, 2.75) is 27.2 Å². The molecule has 132 valence electrons. The van der Waals surface area contributed by atoms with Crippen LogP contribution in [0.1, 0.15) is 34.0 Å². The summed E-state index contributed by atoms with van der Waals surface area (Å²) in [7, 11) is 0. The van der Waals surface area contributed by atoms with Gasteiger partial charge in [-0.3, -0.25) is 4.79 Å². The number of anilines is 1. The fourth-order valence-electron chi connectivity index (χ4n) is 3.13. The Bertz CT molecular complexity index is 785. The lowest BCUT2D eigenvalue weighted by Crippen LogP contribution is -2.49. The van der Waals surface area contributed by atoms with Gasteiger partial charge in [-0.25, -0.2) is 9.97 Å². The van der Waals surface area contributed by atoms with E-state index in [4.69, 9.17) is 0 Å². The van der Waals surface area contributed by atoms with Crippen LogP contribution in [0.15, 0.2) is 24.5 Å². The van der Waals surface area contributed by atoms with Crippen LogP contribution in [-0.2, 0) is 6.42 Å². The number of rotatable bonds is 3. The Balaban J connectivity index is 1.67. The zero-order chi connectivity index (χ0) is 18.0. The molecule has 0 aliphatic carbocycles. The molecule has 1 fully saturated rings. The molecular formula is C19H23FN4O. The Morgan fingerprint density at radius 2 is 1.80 bits per heavy atom. The van der Waals surface area contributed by atoms with E-state index in [1.165, 1.54) is 11.8 Å². The first kappa shape index (κ1) is 17.3. The lowest BCUT2D eigenvalue weighted by atomic mass is 10.1. The number of amides is 1. The number of aromatic nitrogens is 2. The number of piperazine rings is 1. The van der Waals surface area contributed by atoms with Gasteiger partial charge in [-0.05, 0) is 37.5 Å². The molecule has 0 spiro atoms. The van der Waals surface area contributed by atoms with Crippen LogP contribution in [0, 0.1) is 19.8 Å². The second kappa shape index (κ2) is 7.17. The molecule has 6 heteroatoms. The molecule has 0 saturated carbocycles. The summed E-state index contributed by atoms with van der Waals surface area (Å²) in [5.74, 6) is 0.364. The van der Waals surface area contributed by atoms with Crippen molar-refractivity contribution < 1.29 is 9.18 Å². The van der Waals surface area contributed by atoms with Crippen LogP contribution in [0.5, 0.6) is 0 Å². The van der Waals surface area contributed by atoms with E-state index in [0.29, 0.717) is 24.2 Å². The highest BCUT2D eigenvalue weighted by Crippen LogP contribution is 2.20. The molecule has 1 aliphatic rings. The van der Waals surface area contributed by atoms with E-state index in [1.807, 2.05) is 6.20 Å². The second-order valence-electron chi connectivity index (χ2n) is 6.45. The third-order valence-corrected chi connectivity index (χ3v) is 4.64. The lowest BCUT2D eigenvalue weighted by molar-refractivity contribution is 0.0746. The summed E-state index contributed by atoms with van der Waals surface area (Å²) in [5.41, 5.74) is 3.22. The molecule has 0 radical (unpaired) electrons. The molecule has 0 N–H and O–H groups in total. The minimum absolute atomic E-state index is 0.0961. The Morgan fingerprint density at radius 1 is 1.08 bits per heavy atom. The van der Waals surface area contributed by atoms with Crippen LogP contribution < -0.4 is 4.90 Å². The van der Waals surface area contributed by atoms with E-state index < -0.39 is 5.95 Å². The summed E-state index contributed by atoms with van der Waals surface area (Å²) >= 11 is 0. The van der Waals surface area contributed by atoms with Gasteiger partial charge in [-0.1, -0.05) is 13.0 Å². The first-order chi connectivity index (χ1) is 12.0. The minimum atomic E-state index is -0.529. The van der Waals surface area contributed by atoms with Crippen molar-refractivity contribution in [3.8, 4) is 0 Å². The molecule has 2 aromatic heterocycles. The molecule has 1 saturated heterocycles. The van der Waals surface area contributed by atoms with Crippen molar-refractivity contribution in [2.75, 3.05) is 31.1 Å². The number of hydrogen-bond donors (Lipinski definition) is 0. The molecule has 3 heterocycles. The molecule has 2 aromatic rings. The summed E-state index contributed by atoms with van der Waals surface area (Å²) in [6.07, 6.45) is 4.21. The number of carbonyl (C=O) groups excluding carboxylic acids is 1. The standard InChI is InChI=1S/C19H23FN4O/c1-4-15-9-14(3)18(22-11-15)23-5-7-24(8-6-23)19(25)16-10-13(2)17(20)21-12-16/h9-12H,4-8H2,1-3H3. The highest BCUT2D eigenvalue weighted by Gasteiger charge is 2.24.